The number of hydrogen-bond acceptors (Lipinski definition) is 6. The molecule has 0 spiro atoms. The number of benzene rings is 1. The van der Waals surface area contributed by atoms with E-state index < -0.39 is 4.92 Å². The van der Waals surface area contributed by atoms with Gasteiger partial charge in [0.25, 0.3) is 5.69 Å². The van der Waals surface area contributed by atoms with Crippen LogP contribution in [0, 0.1) is 10.1 Å². The van der Waals surface area contributed by atoms with Crippen LogP contribution in [0.3, 0.4) is 0 Å². The molecule has 7 heteroatoms. The van der Waals surface area contributed by atoms with Crippen LogP contribution < -0.4 is 5.32 Å². The quantitative estimate of drug-likeness (QED) is 0.477. The minimum Gasteiger partial charge on any atom is -0.379 e. The van der Waals surface area contributed by atoms with Gasteiger partial charge >= 0.3 is 0 Å². The Morgan fingerprint density at radius 1 is 1.40 bits per heavy atom. The molecule has 0 bridgehead atoms. The summed E-state index contributed by atoms with van der Waals surface area (Å²) in [5, 5.41) is 14.0. The lowest BCUT2D eigenvalue weighted by atomic mass is 10.2. The molecule has 0 radical (unpaired) electrons. The van der Waals surface area contributed by atoms with Gasteiger partial charge < -0.3 is 10.1 Å². The molecule has 1 heterocycles. The topological polar surface area (TPSA) is 84.7 Å². The first-order chi connectivity index (χ1) is 9.70. The minimum atomic E-state index is -0.482. The third kappa shape index (κ3) is 3.75. The van der Waals surface area contributed by atoms with Crippen molar-refractivity contribution < 1.29 is 14.5 Å². The molecule has 108 valence electrons. The number of rotatable bonds is 6. The summed E-state index contributed by atoms with van der Waals surface area (Å²) in [7, 11) is 0. The van der Waals surface area contributed by atoms with E-state index in [0.29, 0.717) is 24.1 Å². The molecule has 1 fully saturated rings. The molecule has 1 saturated heterocycles. The van der Waals surface area contributed by atoms with Crippen molar-refractivity contribution in [3.05, 3.63) is 33.9 Å². The molecule has 0 unspecified atom stereocenters. The number of aldehydes is 1. The van der Waals surface area contributed by atoms with Crippen molar-refractivity contribution >= 4 is 17.7 Å². The molecule has 0 saturated carbocycles. The summed E-state index contributed by atoms with van der Waals surface area (Å²) in [6.45, 7) is 4.64. The summed E-state index contributed by atoms with van der Waals surface area (Å²) in [5.41, 5.74) is 0.667. The molecule has 0 atom stereocenters. The van der Waals surface area contributed by atoms with Crippen molar-refractivity contribution in [3.63, 3.8) is 0 Å². The maximum atomic E-state index is 11.0. The van der Waals surface area contributed by atoms with E-state index in [1.54, 1.807) is 12.1 Å². The highest BCUT2D eigenvalue weighted by molar-refractivity contribution is 5.79. The first-order valence-electron chi connectivity index (χ1n) is 6.48. The first-order valence-corrected chi connectivity index (χ1v) is 6.48. The lowest BCUT2D eigenvalue weighted by Gasteiger charge is -2.26. The molecule has 0 aromatic heterocycles. The van der Waals surface area contributed by atoms with E-state index in [1.807, 2.05) is 0 Å². The monoisotopic (exact) mass is 279 g/mol. The smallest absolute Gasteiger partial charge is 0.293 e. The molecule has 1 N–H and O–H groups in total. The van der Waals surface area contributed by atoms with Crippen LogP contribution in [-0.4, -0.2) is 55.5 Å². The SMILES string of the molecule is O=Cc1ccc(NCCN2CCOCC2)c([N+](=O)[O-])c1. The Labute approximate surface area is 116 Å². The fourth-order valence-electron chi connectivity index (χ4n) is 2.10. The van der Waals surface area contributed by atoms with Crippen LogP contribution in [0.1, 0.15) is 10.4 Å². The van der Waals surface area contributed by atoms with E-state index in [-0.39, 0.29) is 5.69 Å². The maximum Gasteiger partial charge on any atom is 0.293 e. The van der Waals surface area contributed by atoms with E-state index >= 15 is 0 Å². The van der Waals surface area contributed by atoms with Crippen LogP contribution >= 0.6 is 0 Å². The van der Waals surface area contributed by atoms with Gasteiger partial charge in [-0.05, 0) is 12.1 Å². The van der Waals surface area contributed by atoms with Crippen molar-refractivity contribution in [1.82, 2.24) is 4.90 Å². The van der Waals surface area contributed by atoms with Crippen LogP contribution in [0.5, 0.6) is 0 Å². The summed E-state index contributed by atoms with van der Waals surface area (Å²) >= 11 is 0. The molecule has 0 aliphatic carbocycles. The van der Waals surface area contributed by atoms with Crippen molar-refractivity contribution in [2.75, 3.05) is 44.7 Å². The number of hydrogen-bond donors (Lipinski definition) is 1. The van der Waals surface area contributed by atoms with Gasteiger partial charge in [0.1, 0.15) is 12.0 Å². The highest BCUT2D eigenvalue weighted by Gasteiger charge is 2.15. The lowest BCUT2D eigenvalue weighted by molar-refractivity contribution is -0.384. The average Bonchev–Trinajstić information content (AvgIpc) is 2.48. The number of morpholine rings is 1. The van der Waals surface area contributed by atoms with Gasteiger partial charge in [0, 0.05) is 37.8 Å². The van der Waals surface area contributed by atoms with E-state index in [9.17, 15) is 14.9 Å². The zero-order valence-electron chi connectivity index (χ0n) is 11.1. The Bertz CT molecular complexity index is 487. The largest absolute Gasteiger partial charge is 0.379 e. The van der Waals surface area contributed by atoms with Crippen LogP contribution in [0.25, 0.3) is 0 Å². The standard InChI is InChI=1S/C13H17N3O4/c17-10-11-1-2-12(13(9-11)16(18)19)14-3-4-15-5-7-20-8-6-15/h1-2,9-10,14H,3-8H2. The van der Waals surface area contributed by atoms with E-state index in [2.05, 4.69) is 10.2 Å². The van der Waals surface area contributed by atoms with E-state index in [4.69, 9.17) is 4.74 Å². The lowest BCUT2D eigenvalue weighted by Crippen LogP contribution is -2.39. The molecule has 1 aromatic carbocycles. The van der Waals surface area contributed by atoms with Gasteiger partial charge in [-0.3, -0.25) is 19.8 Å². The normalized spacial score (nSPS) is 15.8. The minimum absolute atomic E-state index is 0.0726. The number of nitrogens with zero attached hydrogens (tertiary/aromatic N) is 2. The summed E-state index contributed by atoms with van der Waals surface area (Å²) in [5.74, 6) is 0. The summed E-state index contributed by atoms with van der Waals surface area (Å²) < 4.78 is 5.26. The van der Waals surface area contributed by atoms with Gasteiger partial charge in [0.05, 0.1) is 18.1 Å². The fraction of sp³-hybridized carbons (Fsp3) is 0.462. The second-order valence-electron chi connectivity index (χ2n) is 4.53. The van der Waals surface area contributed by atoms with Crippen molar-refractivity contribution in [3.8, 4) is 0 Å². The average molecular weight is 279 g/mol. The summed E-state index contributed by atoms with van der Waals surface area (Å²) in [4.78, 5) is 23.4. The summed E-state index contributed by atoms with van der Waals surface area (Å²) in [6, 6.07) is 4.42. The number of carbonyl (C=O) groups is 1. The van der Waals surface area contributed by atoms with Crippen LogP contribution in [0.4, 0.5) is 11.4 Å². The highest BCUT2D eigenvalue weighted by atomic mass is 16.6. The molecule has 2 rings (SSSR count). The second-order valence-corrected chi connectivity index (χ2v) is 4.53. The van der Waals surface area contributed by atoms with Crippen molar-refractivity contribution in [2.24, 2.45) is 0 Å². The van der Waals surface area contributed by atoms with Crippen molar-refractivity contribution in [1.29, 1.82) is 0 Å². The molecular weight excluding hydrogens is 262 g/mol. The van der Waals surface area contributed by atoms with E-state index in [0.717, 1.165) is 32.8 Å². The first kappa shape index (κ1) is 14.4. The van der Waals surface area contributed by atoms with Gasteiger partial charge in [-0.25, -0.2) is 0 Å². The third-order valence-electron chi connectivity index (χ3n) is 3.20. The Morgan fingerprint density at radius 3 is 2.80 bits per heavy atom. The number of nitro benzene ring substituents is 1. The number of carbonyl (C=O) groups excluding carboxylic acids is 1. The number of nitrogens with one attached hydrogen (secondary N) is 1. The maximum absolute atomic E-state index is 11.0. The predicted molar refractivity (Wildman–Crippen MR) is 74.2 cm³/mol. The van der Waals surface area contributed by atoms with Gasteiger partial charge in [-0.2, -0.15) is 0 Å². The number of anilines is 1. The van der Waals surface area contributed by atoms with Crippen molar-refractivity contribution in [2.45, 2.75) is 0 Å². The Hall–Kier alpha value is -1.99. The van der Waals surface area contributed by atoms with Gasteiger partial charge in [-0.1, -0.05) is 0 Å². The van der Waals surface area contributed by atoms with Crippen LogP contribution in [-0.2, 0) is 4.74 Å². The van der Waals surface area contributed by atoms with Crippen LogP contribution in [0.2, 0.25) is 0 Å². The Morgan fingerprint density at radius 2 is 2.15 bits per heavy atom. The molecule has 1 aliphatic heterocycles. The van der Waals surface area contributed by atoms with Crippen LogP contribution in [0.15, 0.2) is 18.2 Å². The molecule has 0 amide bonds. The molecule has 7 nitrogen and oxygen atoms in total. The van der Waals surface area contributed by atoms with Gasteiger partial charge in [0.15, 0.2) is 0 Å². The highest BCUT2D eigenvalue weighted by Crippen LogP contribution is 2.24. The zero-order valence-corrected chi connectivity index (χ0v) is 11.1. The zero-order chi connectivity index (χ0) is 14.4. The van der Waals surface area contributed by atoms with Gasteiger partial charge in [-0.15, -0.1) is 0 Å². The summed E-state index contributed by atoms with van der Waals surface area (Å²) in [6.07, 6.45) is 0.602. The molecule has 20 heavy (non-hydrogen) atoms. The second kappa shape index (κ2) is 6.97. The molecule has 1 aromatic rings. The fourth-order valence-corrected chi connectivity index (χ4v) is 2.10. The molecular formula is C13H17N3O4. The third-order valence-corrected chi connectivity index (χ3v) is 3.20. The Balaban J connectivity index is 1.94. The number of ether oxygens (including phenoxy) is 1. The van der Waals surface area contributed by atoms with Gasteiger partial charge in [0.2, 0.25) is 0 Å². The number of nitro groups is 1. The van der Waals surface area contributed by atoms with E-state index in [1.165, 1.54) is 6.07 Å². The molecule has 1 aliphatic rings. The Kier molecular flexibility index (Phi) is 5.03. The predicted octanol–water partition coefficient (Wildman–Crippen LogP) is 1.15.